The van der Waals surface area contributed by atoms with Crippen molar-refractivity contribution in [1.29, 1.82) is 0 Å². The first-order valence-corrected chi connectivity index (χ1v) is 7.47. The Hall–Kier alpha value is -2.44. The number of piperidine rings is 1. The van der Waals surface area contributed by atoms with Crippen LogP contribution in [-0.2, 0) is 7.05 Å². The summed E-state index contributed by atoms with van der Waals surface area (Å²) in [4.78, 5) is 23.0. The molecule has 0 spiro atoms. The van der Waals surface area contributed by atoms with Gasteiger partial charge in [0.25, 0.3) is 5.91 Å². The van der Waals surface area contributed by atoms with E-state index < -0.39 is 0 Å². The van der Waals surface area contributed by atoms with E-state index in [1.165, 1.54) is 0 Å². The second-order valence-electron chi connectivity index (χ2n) is 5.61. The SMILES string of the molecule is Cc1ccnc(N2CCC(NC(=O)c3ccn(C)n3)CC2)n1. The highest BCUT2D eigenvalue weighted by atomic mass is 16.2. The fourth-order valence-electron chi connectivity index (χ4n) is 2.61. The molecule has 116 valence electrons. The summed E-state index contributed by atoms with van der Waals surface area (Å²) in [5.74, 6) is 0.667. The largest absolute Gasteiger partial charge is 0.348 e. The molecule has 1 aliphatic rings. The molecule has 0 bridgehead atoms. The van der Waals surface area contributed by atoms with Crippen LogP contribution in [0.1, 0.15) is 29.0 Å². The Morgan fingerprint density at radius 1 is 1.32 bits per heavy atom. The summed E-state index contributed by atoms with van der Waals surface area (Å²) in [6.07, 6.45) is 5.32. The van der Waals surface area contributed by atoms with Gasteiger partial charge < -0.3 is 10.2 Å². The third kappa shape index (κ3) is 3.24. The van der Waals surface area contributed by atoms with Crippen LogP contribution in [0.25, 0.3) is 0 Å². The molecule has 1 saturated heterocycles. The summed E-state index contributed by atoms with van der Waals surface area (Å²) >= 11 is 0. The molecule has 1 aliphatic heterocycles. The van der Waals surface area contributed by atoms with Gasteiger partial charge in [-0.1, -0.05) is 0 Å². The number of carbonyl (C=O) groups excluding carboxylic acids is 1. The molecule has 0 atom stereocenters. The Morgan fingerprint density at radius 2 is 2.09 bits per heavy atom. The summed E-state index contributed by atoms with van der Waals surface area (Å²) in [7, 11) is 1.80. The van der Waals surface area contributed by atoms with Crippen molar-refractivity contribution < 1.29 is 4.79 Å². The molecule has 1 N–H and O–H groups in total. The number of rotatable bonds is 3. The third-order valence-corrected chi connectivity index (χ3v) is 3.84. The number of anilines is 1. The highest BCUT2D eigenvalue weighted by molar-refractivity contribution is 5.92. The van der Waals surface area contributed by atoms with Crippen molar-refractivity contribution >= 4 is 11.9 Å². The first-order valence-electron chi connectivity index (χ1n) is 7.47. The van der Waals surface area contributed by atoms with Crippen LogP contribution in [0.5, 0.6) is 0 Å². The fourth-order valence-corrected chi connectivity index (χ4v) is 2.61. The number of hydrogen-bond acceptors (Lipinski definition) is 5. The standard InChI is InChI=1S/C15H20N6O/c1-11-3-7-16-15(17-11)21-9-4-12(5-10-21)18-14(22)13-6-8-20(2)19-13/h3,6-8,12H,4-5,9-10H2,1-2H3,(H,18,22). The number of nitrogens with zero attached hydrogens (tertiary/aromatic N) is 5. The zero-order valence-electron chi connectivity index (χ0n) is 12.9. The highest BCUT2D eigenvalue weighted by Crippen LogP contribution is 2.16. The Kier molecular flexibility index (Phi) is 4.04. The average molecular weight is 300 g/mol. The second kappa shape index (κ2) is 6.13. The summed E-state index contributed by atoms with van der Waals surface area (Å²) in [6, 6.07) is 3.80. The van der Waals surface area contributed by atoms with Gasteiger partial charge in [-0.25, -0.2) is 9.97 Å². The molecule has 1 amide bonds. The lowest BCUT2D eigenvalue weighted by molar-refractivity contribution is 0.0925. The number of amides is 1. The topological polar surface area (TPSA) is 75.9 Å². The Morgan fingerprint density at radius 3 is 2.73 bits per heavy atom. The van der Waals surface area contributed by atoms with Gasteiger partial charge in [-0.15, -0.1) is 0 Å². The van der Waals surface area contributed by atoms with Gasteiger partial charge in [0.05, 0.1) is 0 Å². The predicted molar refractivity (Wildman–Crippen MR) is 82.7 cm³/mol. The third-order valence-electron chi connectivity index (χ3n) is 3.84. The first-order chi connectivity index (χ1) is 10.6. The van der Waals surface area contributed by atoms with Crippen molar-refractivity contribution in [2.45, 2.75) is 25.8 Å². The van der Waals surface area contributed by atoms with E-state index in [1.807, 2.05) is 13.0 Å². The minimum atomic E-state index is -0.106. The van der Waals surface area contributed by atoms with E-state index >= 15 is 0 Å². The molecule has 0 radical (unpaired) electrons. The van der Waals surface area contributed by atoms with E-state index in [9.17, 15) is 4.79 Å². The normalized spacial score (nSPS) is 15.8. The van der Waals surface area contributed by atoms with Gasteiger partial charge >= 0.3 is 0 Å². The summed E-state index contributed by atoms with van der Waals surface area (Å²) < 4.78 is 1.63. The fraction of sp³-hybridized carbons (Fsp3) is 0.467. The second-order valence-corrected chi connectivity index (χ2v) is 5.61. The van der Waals surface area contributed by atoms with Gasteiger partial charge in [0, 0.05) is 44.3 Å². The van der Waals surface area contributed by atoms with Gasteiger partial charge in [-0.3, -0.25) is 9.48 Å². The zero-order chi connectivity index (χ0) is 15.5. The lowest BCUT2D eigenvalue weighted by Gasteiger charge is -2.32. The first kappa shape index (κ1) is 14.5. The van der Waals surface area contributed by atoms with E-state index in [0.29, 0.717) is 5.69 Å². The van der Waals surface area contributed by atoms with Crippen LogP contribution in [0, 0.1) is 6.92 Å². The Balaban J connectivity index is 1.54. The van der Waals surface area contributed by atoms with Crippen molar-refractivity contribution in [2.75, 3.05) is 18.0 Å². The predicted octanol–water partition coefficient (Wildman–Crippen LogP) is 0.917. The van der Waals surface area contributed by atoms with Gasteiger partial charge in [0.1, 0.15) is 5.69 Å². The Labute approximate surface area is 129 Å². The van der Waals surface area contributed by atoms with E-state index in [0.717, 1.165) is 37.6 Å². The summed E-state index contributed by atoms with van der Waals surface area (Å²) in [5, 5.41) is 7.17. The molecule has 2 aromatic heterocycles. The molecule has 1 fully saturated rings. The lowest BCUT2D eigenvalue weighted by Crippen LogP contribution is -2.45. The zero-order valence-corrected chi connectivity index (χ0v) is 12.9. The maximum atomic E-state index is 12.1. The van der Waals surface area contributed by atoms with Crippen LogP contribution in [0.3, 0.4) is 0 Å². The van der Waals surface area contributed by atoms with E-state index in [1.54, 1.807) is 30.2 Å². The van der Waals surface area contributed by atoms with E-state index in [2.05, 4.69) is 25.3 Å². The summed E-state index contributed by atoms with van der Waals surface area (Å²) in [5.41, 5.74) is 1.43. The molecule has 7 heteroatoms. The summed E-state index contributed by atoms with van der Waals surface area (Å²) in [6.45, 7) is 3.65. The van der Waals surface area contributed by atoms with Gasteiger partial charge in [0.2, 0.25) is 5.95 Å². The minimum absolute atomic E-state index is 0.106. The molecule has 3 rings (SSSR count). The van der Waals surface area contributed by atoms with Crippen molar-refractivity contribution in [1.82, 2.24) is 25.1 Å². The van der Waals surface area contributed by atoms with Crippen LogP contribution >= 0.6 is 0 Å². The molecular weight excluding hydrogens is 280 g/mol. The molecule has 3 heterocycles. The van der Waals surface area contributed by atoms with Gasteiger partial charge in [-0.2, -0.15) is 5.10 Å². The number of aryl methyl sites for hydroxylation is 2. The van der Waals surface area contributed by atoms with E-state index in [4.69, 9.17) is 0 Å². The van der Waals surface area contributed by atoms with Crippen LogP contribution in [-0.4, -0.2) is 44.8 Å². The molecule has 0 aromatic carbocycles. The minimum Gasteiger partial charge on any atom is -0.348 e. The highest BCUT2D eigenvalue weighted by Gasteiger charge is 2.23. The molecule has 0 saturated carbocycles. The molecule has 2 aromatic rings. The number of nitrogens with one attached hydrogen (secondary N) is 1. The molecular formula is C15H20N6O. The maximum absolute atomic E-state index is 12.1. The smallest absolute Gasteiger partial charge is 0.271 e. The van der Waals surface area contributed by atoms with Crippen molar-refractivity contribution in [3.8, 4) is 0 Å². The van der Waals surface area contributed by atoms with Crippen LogP contribution in [0.4, 0.5) is 5.95 Å². The molecule has 0 aliphatic carbocycles. The van der Waals surface area contributed by atoms with E-state index in [-0.39, 0.29) is 11.9 Å². The Bertz CT molecular complexity index is 660. The van der Waals surface area contributed by atoms with Crippen LogP contribution in [0.15, 0.2) is 24.5 Å². The molecule has 22 heavy (non-hydrogen) atoms. The average Bonchev–Trinajstić information content (AvgIpc) is 2.95. The van der Waals surface area contributed by atoms with Crippen molar-refractivity contribution in [3.63, 3.8) is 0 Å². The maximum Gasteiger partial charge on any atom is 0.271 e. The van der Waals surface area contributed by atoms with Crippen LogP contribution in [0.2, 0.25) is 0 Å². The number of aromatic nitrogens is 4. The lowest BCUT2D eigenvalue weighted by atomic mass is 10.1. The van der Waals surface area contributed by atoms with Crippen molar-refractivity contribution in [3.05, 3.63) is 35.9 Å². The molecule has 0 unspecified atom stereocenters. The van der Waals surface area contributed by atoms with Crippen molar-refractivity contribution in [2.24, 2.45) is 7.05 Å². The van der Waals surface area contributed by atoms with Gasteiger partial charge in [0.15, 0.2) is 0 Å². The number of hydrogen-bond donors (Lipinski definition) is 1. The monoisotopic (exact) mass is 300 g/mol. The van der Waals surface area contributed by atoms with Crippen LogP contribution < -0.4 is 10.2 Å². The quantitative estimate of drug-likeness (QED) is 0.912. The molecule has 7 nitrogen and oxygen atoms in total. The number of carbonyl (C=O) groups is 1. The van der Waals surface area contributed by atoms with Gasteiger partial charge in [-0.05, 0) is 31.9 Å².